The lowest BCUT2D eigenvalue weighted by Gasteiger charge is -2.15. The number of carbonyl (C=O) groups is 1. The fourth-order valence-corrected chi connectivity index (χ4v) is 3.26. The Hall–Kier alpha value is -2.80. The molecule has 1 heterocycles. The minimum absolute atomic E-state index is 0.0805. The Kier molecular flexibility index (Phi) is 6.13. The van der Waals surface area contributed by atoms with E-state index >= 15 is 0 Å². The summed E-state index contributed by atoms with van der Waals surface area (Å²) in [5, 5.41) is 3.89. The number of aromatic nitrogens is 2. The monoisotopic (exact) mass is 382 g/mol. The molecule has 7 heteroatoms. The predicted octanol–water partition coefficient (Wildman–Crippen LogP) is 3.28. The van der Waals surface area contributed by atoms with Gasteiger partial charge in [0.1, 0.15) is 0 Å². The number of hydrogen-bond acceptors (Lipinski definition) is 5. The zero-order valence-electron chi connectivity index (χ0n) is 15.3. The number of hydrogen-bond donors (Lipinski definition) is 2. The van der Waals surface area contributed by atoms with E-state index in [4.69, 9.17) is 0 Å². The van der Waals surface area contributed by atoms with Gasteiger partial charge >= 0.3 is 0 Å². The van der Waals surface area contributed by atoms with Crippen molar-refractivity contribution >= 4 is 34.3 Å². The van der Waals surface area contributed by atoms with Crippen LogP contribution in [0.3, 0.4) is 0 Å². The molecule has 140 valence electrons. The molecule has 2 N–H and O–H groups in total. The summed E-state index contributed by atoms with van der Waals surface area (Å²) < 4.78 is 1.40. The highest BCUT2D eigenvalue weighted by molar-refractivity contribution is 7.99. The molecule has 2 aromatic carbocycles. The second-order valence-corrected chi connectivity index (χ2v) is 7.14. The Labute approximate surface area is 162 Å². The molecule has 1 amide bonds. The molecule has 1 atom stereocenters. The molecule has 0 aliphatic carbocycles. The van der Waals surface area contributed by atoms with Crippen molar-refractivity contribution in [2.75, 3.05) is 11.2 Å². The van der Waals surface area contributed by atoms with Gasteiger partial charge in [-0.3, -0.25) is 15.0 Å². The summed E-state index contributed by atoms with van der Waals surface area (Å²) in [5.74, 6) is 0.106. The largest absolute Gasteiger partial charge is 0.353 e. The molecular formula is C20H22N4O2S. The number of amides is 1. The van der Waals surface area contributed by atoms with Crippen LogP contribution in [0.5, 0.6) is 0 Å². The van der Waals surface area contributed by atoms with Crippen LogP contribution in [-0.2, 0) is 4.79 Å². The van der Waals surface area contributed by atoms with E-state index in [1.807, 2.05) is 56.3 Å². The van der Waals surface area contributed by atoms with E-state index < -0.39 is 0 Å². The Morgan fingerprint density at radius 2 is 1.85 bits per heavy atom. The number of rotatable bonds is 7. The van der Waals surface area contributed by atoms with Crippen LogP contribution in [0.25, 0.3) is 10.9 Å². The number of nitrogens with zero attached hydrogens (tertiary/aromatic N) is 2. The molecule has 0 aliphatic rings. The Balaban J connectivity index is 1.93. The molecule has 27 heavy (non-hydrogen) atoms. The van der Waals surface area contributed by atoms with Crippen molar-refractivity contribution in [2.45, 2.75) is 31.5 Å². The summed E-state index contributed by atoms with van der Waals surface area (Å²) in [7, 11) is 0. The third-order valence-corrected chi connectivity index (χ3v) is 5.05. The van der Waals surface area contributed by atoms with Crippen molar-refractivity contribution in [1.82, 2.24) is 15.0 Å². The molecule has 0 unspecified atom stereocenters. The zero-order chi connectivity index (χ0) is 19.2. The molecule has 0 saturated heterocycles. The van der Waals surface area contributed by atoms with Crippen molar-refractivity contribution < 1.29 is 4.79 Å². The van der Waals surface area contributed by atoms with Gasteiger partial charge in [-0.2, -0.15) is 4.68 Å². The smallest absolute Gasteiger partial charge is 0.280 e. The Bertz CT molecular complexity index is 988. The van der Waals surface area contributed by atoms with Gasteiger partial charge < -0.3 is 5.32 Å². The number of thioether (sulfide) groups is 1. The molecule has 0 bridgehead atoms. The fraction of sp³-hybridized carbons (Fsp3) is 0.250. The van der Waals surface area contributed by atoms with E-state index in [0.29, 0.717) is 16.1 Å². The number of carbonyl (C=O) groups excluding carboxylic acids is 1. The van der Waals surface area contributed by atoms with Crippen LogP contribution < -0.4 is 16.3 Å². The second kappa shape index (κ2) is 8.73. The number of fused-ring (bicyclic) bond motifs is 1. The number of para-hydroxylation sites is 2. The van der Waals surface area contributed by atoms with Gasteiger partial charge in [0.25, 0.3) is 5.56 Å². The van der Waals surface area contributed by atoms with Crippen LogP contribution in [0.4, 0.5) is 5.69 Å². The van der Waals surface area contributed by atoms with Gasteiger partial charge in [0.2, 0.25) is 5.91 Å². The van der Waals surface area contributed by atoms with E-state index in [9.17, 15) is 9.59 Å². The van der Waals surface area contributed by atoms with Crippen LogP contribution in [-0.4, -0.2) is 27.4 Å². The highest BCUT2D eigenvalue weighted by atomic mass is 32.2. The van der Waals surface area contributed by atoms with Crippen molar-refractivity contribution in [2.24, 2.45) is 0 Å². The predicted molar refractivity (Wildman–Crippen MR) is 110 cm³/mol. The molecule has 0 radical (unpaired) electrons. The SMILES string of the molecule is CC[C@@H](C)NC(=O)CSc1nc2ccccc2c(=O)n1Nc1ccccc1. The van der Waals surface area contributed by atoms with Gasteiger partial charge in [-0.1, -0.05) is 49.0 Å². The summed E-state index contributed by atoms with van der Waals surface area (Å²) >= 11 is 1.23. The summed E-state index contributed by atoms with van der Waals surface area (Å²) in [5.41, 5.74) is 4.27. The van der Waals surface area contributed by atoms with Crippen LogP contribution in [0.2, 0.25) is 0 Å². The standard InChI is InChI=1S/C20H22N4O2S/c1-3-14(2)21-18(25)13-27-20-22-17-12-8-7-11-16(17)19(26)24(20)23-15-9-5-4-6-10-15/h4-12,14,23H,3,13H2,1-2H3,(H,21,25)/t14-/m1/s1. The first-order chi connectivity index (χ1) is 13.1. The fourth-order valence-electron chi connectivity index (χ4n) is 2.50. The normalized spacial score (nSPS) is 11.9. The van der Waals surface area contributed by atoms with E-state index in [1.165, 1.54) is 16.4 Å². The lowest BCUT2D eigenvalue weighted by molar-refractivity contribution is -0.119. The first-order valence-electron chi connectivity index (χ1n) is 8.84. The van der Waals surface area contributed by atoms with E-state index in [0.717, 1.165) is 12.1 Å². The molecule has 0 saturated carbocycles. The molecular weight excluding hydrogens is 360 g/mol. The second-order valence-electron chi connectivity index (χ2n) is 6.20. The number of benzene rings is 2. The van der Waals surface area contributed by atoms with Gasteiger partial charge in [0, 0.05) is 6.04 Å². The van der Waals surface area contributed by atoms with E-state index in [2.05, 4.69) is 15.7 Å². The molecule has 3 rings (SSSR count). The van der Waals surface area contributed by atoms with Crippen LogP contribution in [0, 0.1) is 0 Å². The van der Waals surface area contributed by atoms with E-state index in [-0.39, 0.29) is 23.3 Å². The number of anilines is 1. The Morgan fingerprint density at radius 1 is 1.15 bits per heavy atom. The average Bonchev–Trinajstić information content (AvgIpc) is 2.69. The summed E-state index contributed by atoms with van der Waals surface area (Å²) in [6.07, 6.45) is 0.866. The third-order valence-electron chi connectivity index (χ3n) is 4.11. The summed E-state index contributed by atoms with van der Waals surface area (Å²) in [4.78, 5) is 29.7. The van der Waals surface area contributed by atoms with E-state index in [1.54, 1.807) is 12.1 Å². The topological polar surface area (TPSA) is 76.0 Å². The lowest BCUT2D eigenvalue weighted by atomic mass is 10.2. The molecule has 6 nitrogen and oxygen atoms in total. The maximum Gasteiger partial charge on any atom is 0.280 e. The molecule has 3 aromatic rings. The van der Waals surface area contributed by atoms with Crippen molar-refractivity contribution in [3.8, 4) is 0 Å². The average molecular weight is 382 g/mol. The minimum atomic E-state index is -0.200. The lowest BCUT2D eigenvalue weighted by Crippen LogP contribution is -2.34. The zero-order valence-corrected chi connectivity index (χ0v) is 16.1. The highest BCUT2D eigenvalue weighted by Crippen LogP contribution is 2.18. The Morgan fingerprint density at radius 3 is 2.59 bits per heavy atom. The summed E-state index contributed by atoms with van der Waals surface area (Å²) in [6, 6.07) is 16.7. The molecule has 1 aromatic heterocycles. The molecule has 0 aliphatic heterocycles. The molecule has 0 spiro atoms. The summed E-state index contributed by atoms with van der Waals surface area (Å²) in [6.45, 7) is 3.98. The van der Waals surface area contributed by atoms with Gasteiger partial charge in [0.15, 0.2) is 5.16 Å². The van der Waals surface area contributed by atoms with Crippen molar-refractivity contribution in [3.63, 3.8) is 0 Å². The van der Waals surface area contributed by atoms with Crippen LogP contribution >= 0.6 is 11.8 Å². The van der Waals surface area contributed by atoms with Crippen molar-refractivity contribution in [3.05, 3.63) is 65.0 Å². The van der Waals surface area contributed by atoms with Gasteiger partial charge in [-0.15, -0.1) is 0 Å². The minimum Gasteiger partial charge on any atom is -0.353 e. The van der Waals surface area contributed by atoms with Crippen LogP contribution in [0.15, 0.2) is 64.5 Å². The highest BCUT2D eigenvalue weighted by Gasteiger charge is 2.14. The van der Waals surface area contributed by atoms with Crippen molar-refractivity contribution in [1.29, 1.82) is 0 Å². The maximum atomic E-state index is 13.0. The van der Waals surface area contributed by atoms with Gasteiger partial charge in [-0.25, -0.2) is 4.98 Å². The maximum absolute atomic E-state index is 13.0. The third kappa shape index (κ3) is 4.68. The quantitative estimate of drug-likeness (QED) is 0.484. The van der Waals surface area contributed by atoms with Crippen LogP contribution in [0.1, 0.15) is 20.3 Å². The first kappa shape index (κ1) is 19.0. The number of nitrogens with one attached hydrogen (secondary N) is 2. The first-order valence-corrected chi connectivity index (χ1v) is 9.83. The van der Waals surface area contributed by atoms with Gasteiger partial charge in [-0.05, 0) is 37.6 Å². The molecule has 0 fully saturated rings. The van der Waals surface area contributed by atoms with Gasteiger partial charge in [0.05, 0.1) is 22.3 Å².